The lowest BCUT2D eigenvalue weighted by Crippen LogP contribution is -2.10. The summed E-state index contributed by atoms with van der Waals surface area (Å²) in [5, 5.41) is 8.79. The van der Waals surface area contributed by atoms with Crippen molar-refractivity contribution in [1.29, 1.82) is 0 Å². The molecule has 0 aromatic carbocycles. The van der Waals surface area contributed by atoms with E-state index in [1.165, 1.54) is 11.3 Å². The van der Waals surface area contributed by atoms with Gasteiger partial charge < -0.3 is 5.73 Å². The molecule has 0 saturated heterocycles. The minimum Gasteiger partial charge on any atom is -0.329 e. The smallest absolute Gasteiger partial charge is 0.190 e. The molecule has 0 atom stereocenters. The van der Waals surface area contributed by atoms with E-state index in [1.807, 2.05) is 6.20 Å². The fourth-order valence-corrected chi connectivity index (χ4v) is 2.24. The summed E-state index contributed by atoms with van der Waals surface area (Å²) in [6, 6.07) is 0. The summed E-state index contributed by atoms with van der Waals surface area (Å²) in [7, 11) is 0. The molecule has 0 saturated carbocycles. The van der Waals surface area contributed by atoms with Crippen molar-refractivity contribution in [2.45, 2.75) is 6.54 Å². The number of hydrogen-bond acceptors (Lipinski definition) is 7. The van der Waals surface area contributed by atoms with Gasteiger partial charge in [-0.05, 0) is 0 Å². The third kappa shape index (κ3) is 1.87. The molecule has 3 aromatic heterocycles. The van der Waals surface area contributed by atoms with Crippen molar-refractivity contribution in [3.63, 3.8) is 0 Å². The van der Waals surface area contributed by atoms with Gasteiger partial charge in [-0.2, -0.15) is 0 Å². The summed E-state index contributed by atoms with van der Waals surface area (Å²) in [5.41, 5.74) is 6.81. The molecule has 8 heteroatoms. The Labute approximate surface area is 100 Å². The Morgan fingerprint density at radius 3 is 3.00 bits per heavy atom. The van der Waals surface area contributed by atoms with Gasteiger partial charge in [-0.15, -0.1) is 5.10 Å². The van der Waals surface area contributed by atoms with E-state index in [0.29, 0.717) is 18.7 Å². The van der Waals surface area contributed by atoms with Gasteiger partial charge >= 0.3 is 0 Å². The largest absolute Gasteiger partial charge is 0.329 e. The van der Waals surface area contributed by atoms with Crippen molar-refractivity contribution in [1.82, 2.24) is 29.9 Å². The van der Waals surface area contributed by atoms with E-state index < -0.39 is 0 Å². The molecule has 0 fully saturated rings. The van der Waals surface area contributed by atoms with Crippen LogP contribution in [0.15, 0.2) is 18.6 Å². The number of aromatic nitrogens is 6. The monoisotopic (exact) mass is 247 g/mol. The first-order valence-electron chi connectivity index (χ1n) is 5.05. The van der Waals surface area contributed by atoms with Crippen molar-refractivity contribution in [3.8, 4) is 10.7 Å². The van der Waals surface area contributed by atoms with Gasteiger partial charge in [0.1, 0.15) is 10.7 Å². The van der Waals surface area contributed by atoms with E-state index in [2.05, 4.69) is 25.3 Å². The molecule has 0 unspecified atom stereocenters. The summed E-state index contributed by atoms with van der Waals surface area (Å²) < 4.78 is 1.70. The Morgan fingerprint density at radius 1 is 1.29 bits per heavy atom. The second-order valence-corrected chi connectivity index (χ2v) is 4.34. The number of hydrogen-bond donors (Lipinski definition) is 1. The SMILES string of the molecule is NCCn1cc(-c2nc3nccnc3s2)nn1. The van der Waals surface area contributed by atoms with Crippen LogP contribution in [0.3, 0.4) is 0 Å². The van der Waals surface area contributed by atoms with E-state index in [4.69, 9.17) is 5.73 Å². The Hall–Kier alpha value is -1.93. The van der Waals surface area contributed by atoms with Crippen LogP contribution in [0.2, 0.25) is 0 Å². The fraction of sp³-hybridized carbons (Fsp3) is 0.222. The summed E-state index contributed by atoms with van der Waals surface area (Å²) in [6.07, 6.45) is 5.09. The minimum atomic E-state index is 0.533. The number of fused-ring (bicyclic) bond motifs is 1. The maximum absolute atomic E-state index is 5.45. The highest BCUT2D eigenvalue weighted by atomic mass is 32.1. The average molecular weight is 247 g/mol. The first-order valence-corrected chi connectivity index (χ1v) is 5.86. The molecule has 3 aromatic rings. The Morgan fingerprint density at radius 2 is 2.18 bits per heavy atom. The molecule has 0 aliphatic heterocycles. The lowest BCUT2D eigenvalue weighted by molar-refractivity contribution is 0.598. The highest BCUT2D eigenvalue weighted by Gasteiger charge is 2.10. The number of thiazole rings is 1. The van der Waals surface area contributed by atoms with Crippen molar-refractivity contribution in [3.05, 3.63) is 18.6 Å². The normalized spacial score (nSPS) is 11.1. The summed E-state index contributed by atoms with van der Waals surface area (Å²) in [5.74, 6) is 0. The molecular formula is C9H9N7S. The number of nitrogens with two attached hydrogens (primary N) is 1. The molecule has 2 N–H and O–H groups in total. The second-order valence-electron chi connectivity index (χ2n) is 3.36. The standard InChI is InChI=1S/C9H9N7S/c10-1-4-16-5-6(14-15-16)8-13-7-9(17-8)12-3-2-11-7/h2-3,5H,1,4,10H2. The van der Waals surface area contributed by atoms with Gasteiger partial charge in [0.25, 0.3) is 0 Å². The molecule has 0 aliphatic carbocycles. The van der Waals surface area contributed by atoms with Gasteiger partial charge in [0.05, 0.1) is 12.7 Å². The average Bonchev–Trinajstić information content (AvgIpc) is 2.94. The zero-order valence-electron chi connectivity index (χ0n) is 8.82. The zero-order chi connectivity index (χ0) is 11.7. The van der Waals surface area contributed by atoms with Crippen LogP contribution in [0.1, 0.15) is 0 Å². The topological polar surface area (TPSA) is 95.4 Å². The molecule has 86 valence electrons. The van der Waals surface area contributed by atoms with Crippen LogP contribution < -0.4 is 5.73 Å². The van der Waals surface area contributed by atoms with Crippen molar-refractivity contribution in [2.75, 3.05) is 6.54 Å². The molecule has 0 aliphatic rings. The maximum Gasteiger partial charge on any atom is 0.190 e. The van der Waals surface area contributed by atoms with Gasteiger partial charge in [-0.25, -0.2) is 15.0 Å². The van der Waals surface area contributed by atoms with E-state index in [-0.39, 0.29) is 0 Å². The summed E-state index contributed by atoms with van der Waals surface area (Å²) in [6.45, 7) is 1.18. The van der Waals surface area contributed by atoms with Crippen LogP contribution in [-0.2, 0) is 6.54 Å². The molecule has 3 heterocycles. The van der Waals surface area contributed by atoms with Crippen molar-refractivity contribution >= 4 is 21.8 Å². The third-order valence-corrected chi connectivity index (χ3v) is 3.14. The molecule has 0 amide bonds. The molecular weight excluding hydrogens is 238 g/mol. The van der Waals surface area contributed by atoms with E-state index in [0.717, 1.165) is 15.5 Å². The van der Waals surface area contributed by atoms with Gasteiger partial charge in [0, 0.05) is 18.9 Å². The highest BCUT2D eigenvalue weighted by Crippen LogP contribution is 2.25. The molecule has 3 rings (SSSR count). The fourth-order valence-electron chi connectivity index (χ4n) is 1.42. The number of rotatable bonds is 3. The van der Waals surface area contributed by atoms with E-state index in [9.17, 15) is 0 Å². The van der Waals surface area contributed by atoms with Gasteiger partial charge in [-0.1, -0.05) is 16.6 Å². The summed E-state index contributed by atoms with van der Waals surface area (Å²) in [4.78, 5) is 13.5. The van der Waals surface area contributed by atoms with E-state index >= 15 is 0 Å². The molecule has 17 heavy (non-hydrogen) atoms. The maximum atomic E-state index is 5.45. The van der Waals surface area contributed by atoms with Gasteiger partial charge in [0.2, 0.25) is 0 Å². The second kappa shape index (κ2) is 4.15. The Kier molecular flexibility index (Phi) is 2.50. The Bertz CT molecular complexity index is 610. The predicted octanol–water partition coefficient (Wildman–Crippen LogP) is 0.303. The van der Waals surface area contributed by atoms with Crippen LogP contribution in [0.25, 0.3) is 21.2 Å². The lowest BCUT2D eigenvalue weighted by atomic mass is 10.5. The zero-order valence-corrected chi connectivity index (χ0v) is 9.63. The van der Waals surface area contributed by atoms with Crippen molar-refractivity contribution in [2.24, 2.45) is 5.73 Å². The third-order valence-electron chi connectivity index (χ3n) is 2.16. The molecule has 0 spiro atoms. The van der Waals surface area contributed by atoms with Gasteiger partial charge in [-0.3, -0.25) is 4.68 Å². The van der Waals surface area contributed by atoms with Gasteiger partial charge in [0.15, 0.2) is 10.5 Å². The quantitative estimate of drug-likeness (QED) is 0.715. The van der Waals surface area contributed by atoms with Crippen molar-refractivity contribution < 1.29 is 0 Å². The molecule has 0 bridgehead atoms. The summed E-state index contributed by atoms with van der Waals surface area (Å²) >= 11 is 1.45. The lowest BCUT2D eigenvalue weighted by Gasteiger charge is -1.92. The first-order chi connectivity index (χ1) is 8.36. The van der Waals surface area contributed by atoms with Crippen LogP contribution >= 0.6 is 11.3 Å². The van der Waals surface area contributed by atoms with E-state index in [1.54, 1.807) is 17.1 Å². The molecule has 0 radical (unpaired) electrons. The van der Waals surface area contributed by atoms with Crippen LogP contribution in [0.5, 0.6) is 0 Å². The first kappa shape index (κ1) is 10.2. The highest BCUT2D eigenvalue weighted by molar-refractivity contribution is 7.21. The molecule has 7 nitrogen and oxygen atoms in total. The predicted molar refractivity (Wildman–Crippen MR) is 63.3 cm³/mol. The minimum absolute atomic E-state index is 0.533. The number of nitrogens with zero attached hydrogens (tertiary/aromatic N) is 6. The van der Waals surface area contributed by atoms with Crippen LogP contribution in [0.4, 0.5) is 0 Å². The van der Waals surface area contributed by atoms with Crippen LogP contribution in [0, 0.1) is 0 Å². The van der Waals surface area contributed by atoms with Crippen LogP contribution in [-0.4, -0.2) is 36.5 Å². The Balaban J connectivity index is 2.01.